The standard InChI is InChI=1S/C61H46N4O2/c1-65-38-49(64-39-65)34-48(63-36-47-33-45-23-11-15-27-53(45)59(61(47)67)57-51-25-13-9-21-43(51)29-31-55(57)41-18-6-3-7-19-41)37-62-35-46-32-44-22-10-14-26-52(44)58(60(46)66)56-50-24-12-8-20-42(50)28-30-54(56)40-16-4-2-5-17-40/h2-33,35-36,38-39,48,66-67H,34,37H2,1H3/t48-/m0/s1. The van der Waals surface area contributed by atoms with Crippen LogP contribution in [0, 0.1) is 0 Å². The highest BCUT2D eigenvalue weighted by Crippen LogP contribution is 2.48. The first kappa shape index (κ1) is 41.1. The number of nitrogens with zero attached hydrogens (tertiary/aromatic N) is 4. The van der Waals surface area contributed by atoms with Gasteiger partial charge in [-0.3, -0.25) is 9.98 Å². The Morgan fingerprint density at radius 1 is 0.493 bits per heavy atom. The largest absolute Gasteiger partial charge is 0.507 e. The molecular formula is C61H46N4O2. The molecule has 0 fully saturated rings. The Labute approximate surface area is 389 Å². The van der Waals surface area contributed by atoms with Gasteiger partial charge < -0.3 is 14.8 Å². The molecule has 1 aromatic heterocycles. The van der Waals surface area contributed by atoms with Crippen molar-refractivity contribution < 1.29 is 10.2 Å². The normalized spacial score (nSPS) is 12.3. The molecule has 322 valence electrons. The van der Waals surface area contributed by atoms with E-state index in [1.54, 1.807) is 18.8 Å². The van der Waals surface area contributed by atoms with Gasteiger partial charge in [-0.1, -0.05) is 182 Å². The van der Waals surface area contributed by atoms with Crippen LogP contribution in [0.15, 0.2) is 217 Å². The zero-order valence-electron chi connectivity index (χ0n) is 37.0. The van der Waals surface area contributed by atoms with E-state index < -0.39 is 0 Å². The number of hydrogen-bond donors (Lipinski definition) is 2. The molecule has 0 aliphatic carbocycles. The van der Waals surface area contributed by atoms with E-state index in [2.05, 4.69) is 114 Å². The van der Waals surface area contributed by atoms with E-state index in [1.165, 1.54) is 0 Å². The Kier molecular flexibility index (Phi) is 10.9. The summed E-state index contributed by atoms with van der Waals surface area (Å²) in [5.41, 5.74) is 9.78. The van der Waals surface area contributed by atoms with Gasteiger partial charge >= 0.3 is 0 Å². The molecule has 6 nitrogen and oxygen atoms in total. The fourth-order valence-electron chi connectivity index (χ4n) is 9.65. The molecule has 0 unspecified atom stereocenters. The number of aromatic nitrogens is 2. The lowest BCUT2D eigenvalue weighted by Gasteiger charge is -2.19. The quantitative estimate of drug-likeness (QED) is 0.127. The third kappa shape index (κ3) is 7.89. The van der Waals surface area contributed by atoms with Crippen LogP contribution in [0.4, 0.5) is 0 Å². The minimum absolute atomic E-state index is 0.160. The molecule has 2 N–H and O–H groups in total. The van der Waals surface area contributed by atoms with Crippen LogP contribution < -0.4 is 0 Å². The van der Waals surface area contributed by atoms with Crippen LogP contribution in [-0.4, -0.2) is 44.8 Å². The van der Waals surface area contributed by atoms with Gasteiger partial charge in [0.25, 0.3) is 0 Å². The van der Waals surface area contributed by atoms with Crippen LogP contribution in [0.3, 0.4) is 0 Å². The van der Waals surface area contributed by atoms with Crippen LogP contribution in [0.2, 0.25) is 0 Å². The van der Waals surface area contributed by atoms with E-state index >= 15 is 0 Å². The highest BCUT2D eigenvalue weighted by molar-refractivity contribution is 6.16. The third-order valence-corrected chi connectivity index (χ3v) is 12.8. The van der Waals surface area contributed by atoms with Gasteiger partial charge in [0.15, 0.2) is 0 Å². The smallest absolute Gasteiger partial charge is 0.132 e. The highest BCUT2D eigenvalue weighted by atomic mass is 16.3. The molecule has 0 saturated heterocycles. The predicted octanol–water partition coefficient (Wildman–Crippen LogP) is 14.3. The second kappa shape index (κ2) is 17.8. The Morgan fingerprint density at radius 3 is 1.40 bits per heavy atom. The molecule has 67 heavy (non-hydrogen) atoms. The maximum Gasteiger partial charge on any atom is 0.132 e. The summed E-state index contributed by atoms with van der Waals surface area (Å²) >= 11 is 0. The maximum atomic E-state index is 12.5. The van der Waals surface area contributed by atoms with E-state index in [-0.39, 0.29) is 17.5 Å². The van der Waals surface area contributed by atoms with Crippen LogP contribution >= 0.6 is 0 Å². The van der Waals surface area contributed by atoms with Crippen LogP contribution in [0.25, 0.3) is 87.6 Å². The number of aromatic hydroxyl groups is 2. The third-order valence-electron chi connectivity index (χ3n) is 12.8. The molecule has 0 saturated carbocycles. The van der Waals surface area contributed by atoms with Gasteiger partial charge in [0.1, 0.15) is 11.5 Å². The molecule has 1 heterocycles. The van der Waals surface area contributed by atoms with E-state index in [1.807, 2.05) is 103 Å². The molecule has 0 radical (unpaired) electrons. The SMILES string of the molecule is Cn1cnc(C[C@@H](CN=Cc2cc3ccccc3c(-c3c(-c4ccccc4)ccc4ccccc34)c2O)N=Cc2cc3ccccc3c(-c3c(-c4ccccc4)ccc4ccccc34)c2O)c1. The summed E-state index contributed by atoms with van der Waals surface area (Å²) in [4.78, 5) is 14.9. The summed E-state index contributed by atoms with van der Waals surface area (Å²) in [6.45, 7) is 0.306. The van der Waals surface area contributed by atoms with Crippen molar-refractivity contribution in [2.24, 2.45) is 17.0 Å². The van der Waals surface area contributed by atoms with Gasteiger partial charge in [-0.05, 0) is 77.5 Å². The van der Waals surface area contributed by atoms with Gasteiger partial charge in [-0.15, -0.1) is 0 Å². The minimum Gasteiger partial charge on any atom is -0.507 e. The van der Waals surface area contributed by atoms with Crippen molar-refractivity contribution in [1.29, 1.82) is 0 Å². The molecule has 0 aliphatic rings. The highest BCUT2D eigenvalue weighted by Gasteiger charge is 2.22. The molecule has 0 aliphatic heterocycles. The first-order valence-electron chi connectivity index (χ1n) is 22.6. The van der Waals surface area contributed by atoms with Crippen molar-refractivity contribution >= 4 is 55.5 Å². The fourth-order valence-corrected chi connectivity index (χ4v) is 9.65. The Balaban J connectivity index is 1.01. The average molecular weight is 867 g/mol. The first-order valence-corrected chi connectivity index (χ1v) is 22.6. The number of hydrogen-bond acceptors (Lipinski definition) is 5. The monoisotopic (exact) mass is 866 g/mol. The minimum atomic E-state index is -0.345. The lowest BCUT2D eigenvalue weighted by atomic mass is 9.86. The molecule has 1 atom stereocenters. The van der Waals surface area contributed by atoms with E-state index in [4.69, 9.17) is 9.98 Å². The van der Waals surface area contributed by atoms with Crippen molar-refractivity contribution in [3.05, 3.63) is 223 Å². The fraction of sp³-hybridized carbons (Fsp3) is 0.0656. The molecule has 6 heteroatoms. The van der Waals surface area contributed by atoms with E-state index in [9.17, 15) is 10.2 Å². The summed E-state index contributed by atoms with van der Waals surface area (Å²) in [5, 5.41) is 33.2. The number of aliphatic imine (C=N–C) groups is 2. The van der Waals surface area contributed by atoms with Gasteiger partial charge in [0.2, 0.25) is 0 Å². The molecule has 0 spiro atoms. The molecule has 0 bridgehead atoms. The van der Waals surface area contributed by atoms with Crippen molar-refractivity contribution in [1.82, 2.24) is 9.55 Å². The zero-order valence-corrected chi connectivity index (χ0v) is 37.0. The molecule has 0 amide bonds. The number of imidazole rings is 1. The first-order chi connectivity index (χ1) is 33.0. The van der Waals surface area contributed by atoms with Gasteiger partial charge in [0, 0.05) is 65.5 Å². The van der Waals surface area contributed by atoms with E-state index in [0.717, 1.165) is 93.3 Å². The molecule has 11 aromatic rings. The second-order valence-corrected chi connectivity index (χ2v) is 17.1. The summed E-state index contributed by atoms with van der Waals surface area (Å²) in [7, 11) is 1.96. The van der Waals surface area contributed by atoms with Gasteiger partial charge in [-0.25, -0.2) is 4.98 Å². The lowest BCUT2D eigenvalue weighted by molar-refractivity contribution is 0.476. The summed E-state index contributed by atoms with van der Waals surface area (Å²) < 4.78 is 1.93. The second-order valence-electron chi connectivity index (χ2n) is 17.1. The summed E-state index contributed by atoms with van der Waals surface area (Å²) in [5.74, 6) is 0.325. The van der Waals surface area contributed by atoms with Crippen molar-refractivity contribution in [3.8, 4) is 56.0 Å². The van der Waals surface area contributed by atoms with Crippen molar-refractivity contribution in [2.75, 3.05) is 6.54 Å². The zero-order chi connectivity index (χ0) is 45.3. The Hall–Kier alpha value is -8.61. The number of fused-ring (bicyclic) bond motifs is 4. The topological polar surface area (TPSA) is 83.0 Å². The molecule has 11 rings (SSSR count). The maximum absolute atomic E-state index is 12.5. The number of phenols is 2. The van der Waals surface area contributed by atoms with Crippen LogP contribution in [0.1, 0.15) is 16.8 Å². The Bertz CT molecular complexity index is 3690. The number of rotatable bonds is 11. The van der Waals surface area contributed by atoms with E-state index in [0.29, 0.717) is 24.1 Å². The summed E-state index contributed by atoms with van der Waals surface area (Å²) in [6.07, 6.45) is 7.87. The van der Waals surface area contributed by atoms with Crippen LogP contribution in [0.5, 0.6) is 11.5 Å². The average Bonchev–Trinajstić information content (AvgIpc) is 3.79. The van der Waals surface area contributed by atoms with Crippen LogP contribution in [-0.2, 0) is 13.5 Å². The predicted molar refractivity (Wildman–Crippen MR) is 279 cm³/mol. The van der Waals surface area contributed by atoms with Crippen molar-refractivity contribution in [3.63, 3.8) is 0 Å². The van der Waals surface area contributed by atoms with Crippen molar-refractivity contribution in [2.45, 2.75) is 12.5 Å². The molecule has 10 aromatic carbocycles. The molecular weight excluding hydrogens is 821 g/mol. The number of aryl methyl sites for hydroxylation is 1. The summed E-state index contributed by atoms with van der Waals surface area (Å²) in [6, 6.07) is 66.1. The number of phenolic OH excluding ortho intramolecular Hbond substituents is 2. The lowest BCUT2D eigenvalue weighted by Crippen LogP contribution is -2.14. The van der Waals surface area contributed by atoms with Gasteiger partial charge in [0.05, 0.1) is 24.6 Å². The van der Waals surface area contributed by atoms with Gasteiger partial charge in [-0.2, -0.15) is 0 Å². The Morgan fingerprint density at radius 2 is 0.925 bits per heavy atom. The number of benzene rings is 10.